The Labute approximate surface area is 155 Å². The zero-order valence-corrected chi connectivity index (χ0v) is 15.4. The lowest BCUT2D eigenvalue weighted by Gasteiger charge is -2.11. The Kier molecular flexibility index (Phi) is 6.00. The summed E-state index contributed by atoms with van der Waals surface area (Å²) in [5.41, 5.74) is 4.66. The summed E-state index contributed by atoms with van der Waals surface area (Å²) in [6, 6.07) is 12.6. The predicted octanol–water partition coefficient (Wildman–Crippen LogP) is -0.774. The Morgan fingerprint density at radius 3 is 2.56 bits per heavy atom. The van der Waals surface area contributed by atoms with Gasteiger partial charge in [-0.2, -0.15) is 0 Å². The van der Waals surface area contributed by atoms with Crippen LogP contribution in [0.3, 0.4) is 0 Å². The van der Waals surface area contributed by atoms with Gasteiger partial charge in [0.15, 0.2) is 17.3 Å². The van der Waals surface area contributed by atoms with Crippen molar-refractivity contribution >= 4 is 22.8 Å². The molecule has 0 fully saturated rings. The second kappa shape index (κ2) is 8.00. The highest BCUT2D eigenvalue weighted by atomic mass is 79.9. The molecule has 2 aromatic carbocycles. The first-order valence-electron chi connectivity index (χ1n) is 7.35. The van der Waals surface area contributed by atoms with E-state index >= 15 is 0 Å². The average molecular weight is 406 g/mol. The summed E-state index contributed by atoms with van der Waals surface area (Å²) in [5.74, 6) is 6.96. The minimum atomic E-state index is -0.0874. The highest BCUT2D eigenvalue weighted by Crippen LogP contribution is 2.28. The van der Waals surface area contributed by atoms with Crippen molar-refractivity contribution < 1.29 is 31.2 Å². The number of aromatic nitrogens is 2. The number of nitrogens with two attached hydrogens (primary N) is 1. The largest absolute Gasteiger partial charge is 1.00 e. The summed E-state index contributed by atoms with van der Waals surface area (Å²) >= 11 is 0. The van der Waals surface area contributed by atoms with E-state index in [0.29, 0.717) is 23.0 Å². The number of carbonyl (C=O) groups is 1. The molecule has 0 aliphatic carbocycles. The Bertz CT molecular complexity index is 895. The molecule has 0 amide bonds. The molecule has 3 aromatic rings. The normalized spacial score (nSPS) is 10.2. The first kappa shape index (κ1) is 18.8. The van der Waals surface area contributed by atoms with Gasteiger partial charge in [-0.25, -0.2) is 10.8 Å². The van der Waals surface area contributed by atoms with Crippen LogP contribution in [0.4, 0.5) is 5.95 Å². The maximum Gasteiger partial charge on any atom is 0.218 e. The highest BCUT2D eigenvalue weighted by molar-refractivity contribution is 5.97. The number of ketones is 1. The van der Waals surface area contributed by atoms with Crippen LogP contribution in [-0.4, -0.2) is 29.6 Å². The topological polar surface area (TPSA) is 91.4 Å². The fraction of sp³-hybridized carbons (Fsp3) is 0.176. The zero-order valence-electron chi connectivity index (χ0n) is 13.8. The van der Waals surface area contributed by atoms with Crippen molar-refractivity contribution in [2.45, 2.75) is 6.54 Å². The number of methoxy groups -OCH3 is 2. The lowest BCUT2D eigenvalue weighted by atomic mass is 10.1. The third kappa shape index (κ3) is 3.59. The lowest BCUT2D eigenvalue weighted by Crippen LogP contribution is -3.00. The quantitative estimate of drug-likeness (QED) is 0.317. The fourth-order valence-electron chi connectivity index (χ4n) is 2.59. The van der Waals surface area contributed by atoms with E-state index < -0.39 is 0 Å². The van der Waals surface area contributed by atoms with E-state index in [-0.39, 0.29) is 29.3 Å². The maximum absolute atomic E-state index is 12.7. The second-order valence-electron chi connectivity index (χ2n) is 5.15. The summed E-state index contributed by atoms with van der Waals surface area (Å²) in [7, 11) is 3.09. The minimum absolute atomic E-state index is 0. The van der Waals surface area contributed by atoms with Gasteiger partial charge >= 0.3 is 0 Å². The number of hydrazine groups is 1. The predicted molar refractivity (Wildman–Crippen MR) is 91.4 cm³/mol. The molecule has 1 aromatic heterocycles. The van der Waals surface area contributed by atoms with Crippen LogP contribution in [0.2, 0.25) is 0 Å². The molecule has 3 rings (SSSR count). The number of Topliss-reactive ketones (excluding diaryl/α,β-unsaturated/α-hetero) is 1. The molecule has 0 radical (unpaired) electrons. The molecule has 0 saturated carbocycles. The molecule has 0 saturated heterocycles. The average Bonchev–Trinajstić information content (AvgIpc) is 2.98. The fourth-order valence-corrected chi connectivity index (χ4v) is 2.59. The number of fused-ring (bicyclic) bond motifs is 1. The number of imidazole rings is 1. The maximum atomic E-state index is 12.7. The van der Waals surface area contributed by atoms with Crippen molar-refractivity contribution in [1.29, 1.82) is 0 Å². The van der Waals surface area contributed by atoms with E-state index in [1.165, 1.54) is 7.11 Å². The van der Waals surface area contributed by atoms with Gasteiger partial charge in [0.05, 0.1) is 31.8 Å². The lowest BCUT2D eigenvalue weighted by molar-refractivity contribution is -0.0000134. The Morgan fingerprint density at radius 2 is 1.88 bits per heavy atom. The third-order valence-electron chi connectivity index (χ3n) is 3.79. The molecular weight excluding hydrogens is 388 g/mol. The number of hydrogen-bond donors (Lipinski definition) is 2. The van der Waals surface area contributed by atoms with Gasteiger partial charge < -0.3 is 31.0 Å². The van der Waals surface area contributed by atoms with Crippen molar-refractivity contribution in [3.05, 3.63) is 48.0 Å². The van der Waals surface area contributed by atoms with Gasteiger partial charge in [-0.3, -0.25) is 10.2 Å². The number of ether oxygens (including phenoxy) is 2. The smallest absolute Gasteiger partial charge is 0.218 e. The van der Waals surface area contributed by atoms with Gasteiger partial charge in [0.25, 0.3) is 0 Å². The van der Waals surface area contributed by atoms with Crippen molar-refractivity contribution in [3.63, 3.8) is 0 Å². The van der Waals surface area contributed by atoms with Crippen LogP contribution in [0.25, 0.3) is 11.0 Å². The van der Waals surface area contributed by atoms with Crippen LogP contribution in [0.15, 0.2) is 42.5 Å². The van der Waals surface area contributed by atoms with E-state index in [4.69, 9.17) is 15.3 Å². The van der Waals surface area contributed by atoms with Crippen molar-refractivity contribution in [2.24, 2.45) is 5.84 Å². The van der Waals surface area contributed by atoms with Gasteiger partial charge in [-0.1, -0.05) is 12.1 Å². The van der Waals surface area contributed by atoms with Crippen LogP contribution < -0.4 is 37.7 Å². The van der Waals surface area contributed by atoms with Crippen molar-refractivity contribution in [1.82, 2.24) is 9.55 Å². The van der Waals surface area contributed by atoms with Gasteiger partial charge in [0, 0.05) is 5.56 Å². The SMILES string of the molecule is COc1ccc(C(=O)Cn2c(NN)nc3ccccc32)cc1OC.[Br-]. The number of para-hydroxylation sites is 2. The number of carbonyl (C=O) groups excluding carboxylic acids is 1. The summed E-state index contributed by atoms with van der Waals surface area (Å²) in [6.07, 6.45) is 0. The standard InChI is InChI=1S/C17H18N4O3.BrH/c1-23-15-8-7-11(9-16(15)24-2)14(22)10-21-13-6-4-3-5-12(13)19-17(21)20-18;/h3-9H,10,18H2,1-2H3,(H,19,20);1H/p-1. The molecule has 25 heavy (non-hydrogen) atoms. The van der Waals surface area contributed by atoms with Crippen molar-refractivity contribution in [3.8, 4) is 11.5 Å². The van der Waals surface area contributed by atoms with Gasteiger partial charge in [0.2, 0.25) is 5.95 Å². The monoisotopic (exact) mass is 405 g/mol. The molecule has 0 spiro atoms. The number of hydrogen-bond acceptors (Lipinski definition) is 6. The Morgan fingerprint density at radius 1 is 1.16 bits per heavy atom. The van der Waals surface area contributed by atoms with Gasteiger partial charge in [-0.05, 0) is 30.3 Å². The summed E-state index contributed by atoms with van der Waals surface area (Å²) in [4.78, 5) is 17.0. The van der Waals surface area contributed by atoms with Crippen LogP contribution in [0.5, 0.6) is 11.5 Å². The number of nitrogen functional groups attached to an aromatic ring is 1. The van der Waals surface area contributed by atoms with Crippen LogP contribution in [0, 0.1) is 0 Å². The summed E-state index contributed by atoms with van der Waals surface area (Å²) < 4.78 is 12.2. The van der Waals surface area contributed by atoms with E-state index in [0.717, 1.165) is 11.0 Å². The van der Waals surface area contributed by atoms with Crippen molar-refractivity contribution in [2.75, 3.05) is 19.6 Å². The molecule has 0 atom stereocenters. The minimum Gasteiger partial charge on any atom is -1.00 e. The molecule has 1 heterocycles. The van der Waals surface area contributed by atoms with Gasteiger partial charge in [-0.15, -0.1) is 0 Å². The van der Waals surface area contributed by atoms with Crippen LogP contribution in [-0.2, 0) is 6.54 Å². The molecule has 3 N–H and O–H groups in total. The first-order valence-corrected chi connectivity index (χ1v) is 7.35. The van der Waals surface area contributed by atoms with E-state index in [1.54, 1.807) is 29.9 Å². The molecule has 8 heteroatoms. The number of anilines is 1. The van der Waals surface area contributed by atoms with Gasteiger partial charge in [0.1, 0.15) is 0 Å². The Balaban J connectivity index is 0.00000225. The molecule has 0 unspecified atom stereocenters. The molecule has 0 bridgehead atoms. The number of halogens is 1. The molecular formula is C17H18BrN4O3-. The number of nitrogens with one attached hydrogen (secondary N) is 1. The number of benzene rings is 2. The van der Waals surface area contributed by atoms with E-state index in [1.807, 2.05) is 24.3 Å². The molecule has 0 aliphatic rings. The van der Waals surface area contributed by atoms with Crippen LogP contribution >= 0.6 is 0 Å². The summed E-state index contributed by atoms with van der Waals surface area (Å²) in [6.45, 7) is 0.107. The third-order valence-corrected chi connectivity index (χ3v) is 3.79. The Hall–Kier alpha value is -2.58. The number of rotatable bonds is 6. The molecule has 7 nitrogen and oxygen atoms in total. The summed E-state index contributed by atoms with van der Waals surface area (Å²) in [5, 5.41) is 0. The number of nitrogens with zero attached hydrogens (tertiary/aromatic N) is 2. The first-order chi connectivity index (χ1) is 11.7. The van der Waals surface area contributed by atoms with Crippen LogP contribution in [0.1, 0.15) is 10.4 Å². The molecule has 132 valence electrons. The highest BCUT2D eigenvalue weighted by Gasteiger charge is 2.16. The second-order valence-corrected chi connectivity index (χ2v) is 5.15. The molecule has 0 aliphatic heterocycles. The van der Waals surface area contributed by atoms with E-state index in [2.05, 4.69) is 10.4 Å². The van der Waals surface area contributed by atoms with E-state index in [9.17, 15) is 4.79 Å². The zero-order chi connectivity index (χ0) is 17.1.